The number of nitrogens with zero attached hydrogens (tertiary/aromatic N) is 2. The van der Waals surface area contributed by atoms with Gasteiger partial charge in [0.05, 0.1) is 12.1 Å². The maximum absolute atomic E-state index is 13.1. The van der Waals surface area contributed by atoms with Gasteiger partial charge in [-0.15, -0.1) is 11.8 Å². The highest BCUT2D eigenvalue weighted by Gasteiger charge is 2.55. The van der Waals surface area contributed by atoms with Crippen molar-refractivity contribution in [1.82, 2.24) is 15.1 Å². The molecule has 2 N–H and O–H groups in total. The summed E-state index contributed by atoms with van der Waals surface area (Å²) in [7, 11) is 1.86. The monoisotopic (exact) mass is 549 g/mol. The number of fused-ring (bicyclic) bond motifs is 1. The number of esters is 1. The lowest BCUT2D eigenvalue weighted by molar-refractivity contribution is -0.153. The third-order valence-corrected chi connectivity index (χ3v) is 7.03. The highest BCUT2D eigenvalue weighted by Crippen LogP contribution is 2.41. The number of phenols is 1. The summed E-state index contributed by atoms with van der Waals surface area (Å²) in [5, 5.41) is 11.7. The smallest absolute Gasteiger partial charge is 0.357 e. The minimum Gasteiger partial charge on any atom is -0.508 e. The number of carbonyl (C=O) groups excluding carboxylic acids is 3. The molecule has 12 heteroatoms. The molecule has 2 amide bonds. The van der Waals surface area contributed by atoms with E-state index in [2.05, 4.69) is 12.2 Å². The van der Waals surface area contributed by atoms with Crippen LogP contribution in [0.15, 0.2) is 35.7 Å². The third-order valence-electron chi connectivity index (χ3n) is 5.43. The SMILES string of the molecule is CCCCN(C)C1=C(C(=O)OCC(Cl)(Cl)Cl)N2C(=O)C(NC(=O)Cc3ccc(O)cc3)[C@@H]2SC1. The summed E-state index contributed by atoms with van der Waals surface area (Å²) < 4.78 is 3.43. The third kappa shape index (κ3) is 6.44. The first-order chi connectivity index (χ1) is 16.0. The number of thioether (sulfide) groups is 1. The molecule has 0 saturated carbocycles. The van der Waals surface area contributed by atoms with Gasteiger partial charge in [-0.25, -0.2) is 4.79 Å². The molecule has 0 aromatic heterocycles. The van der Waals surface area contributed by atoms with E-state index in [1.54, 1.807) is 12.1 Å². The van der Waals surface area contributed by atoms with Crippen molar-refractivity contribution in [2.24, 2.45) is 0 Å². The van der Waals surface area contributed by atoms with Crippen molar-refractivity contribution in [2.75, 3.05) is 26.0 Å². The quantitative estimate of drug-likeness (QED) is 0.277. The first-order valence-electron chi connectivity index (χ1n) is 10.7. The van der Waals surface area contributed by atoms with Crippen molar-refractivity contribution in [2.45, 2.75) is 41.4 Å². The molecule has 1 fully saturated rings. The Morgan fingerprint density at radius 3 is 2.59 bits per heavy atom. The number of phenolic OH excluding ortho intramolecular Hbond substituents is 1. The molecule has 1 unspecified atom stereocenters. The fourth-order valence-electron chi connectivity index (χ4n) is 3.65. The summed E-state index contributed by atoms with van der Waals surface area (Å²) in [6.07, 6.45) is 1.94. The molecule has 0 aliphatic carbocycles. The molecule has 2 aliphatic heterocycles. The van der Waals surface area contributed by atoms with Crippen molar-refractivity contribution in [3.8, 4) is 5.75 Å². The summed E-state index contributed by atoms with van der Waals surface area (Å²) in [5.41, 5.74) is 1.47. The van der Waals surface area contributed by atoms with Crippen LogP contribution in [0.2, 0.25) is 0 Å². The van der Waals surface area contributed by atoms with Gasteiger partial charge < -0.3 is 20.1 Å². The molecule has 2 aliphatic rings. The Hall–Kier alpha value is -1.81. The number of unbranched alkanes of at least 4 members (excludes halogenated alkanes) is 1. The summed E-state index contributed by atoms with van der Waals surface area (Å²) in [6, 6.07) is 5.49. The molecule has 2 atom stereocenters. The highest BCUT2D eigenvalue weighted by molar-refractivity contribution is 8.00. The van der Waals surface area contributed by atoms with Crippen LogP contribution in [0.25, 0.3) is 0 Å². The van der Waals surface area contributed by atoms with E-state index in [1.807, 2.05) is 11.9 Å². The molecule has 186 valence electrons. The number of carbonyl (C=O) groups is 3. The van der Waals surface area contributed by atoms with Crippen LogP contribution >= 0.6 is 46.6 Å². The number of alkyl halides is 3. The van der Waals surface area contributed by atoms with Gasteiger partial charge in [-0.05, 0) is 24.1 Å². The highest BCUT2D eigenvalue weighted by atomic mass is 35.6. The summed E-state index contributed by atoms with van der Waals surface area (Å²) in [5.74, 6) is -0.930. The number of β-lactam (4-membered cyclic amide) rings is 1. The summed E-state index contributed by atoms with van der Waals surface area (Å²) >= 11 is 18.6. The number of nitrogens with one attached hydrogen (secondary N) is 1. The van der Waals surface area contributed by atoms with E-state index in [-0.39, 0.29) is 23.8 Å². The molecule has 8 nitrogen and oxygen atoms in total. The number of hydrogen-bond acceptors (Lipinski definition) is 7. The van der Waals surface area contributed by atoms with Crippen molar-refractivity contribution in [3.05, 3.63) is 41.2 Å². The fraction of sp³-hybridized carbons (Fsp3) is 0.500. The van der Waals surface area contributed by atoms with Gasteiger partial charge in [0.25, 0.3) is 5.91 Å². The predicted molar refractivity (Wildman–Crippen MR) is 133 cm³/mol. The molecular weight excluding hydrogens is 525 g/mol. The Kier molecular flexibility index (Phi) is 8.89. The summed E-state index contributed by atoms with van der Waals surface area (Å²) in [6.45, 7) is 2.31. The normalized spacial score (nSPS) is 19.9. The van der Waals surface area contributed by atoms with Crippen LogP contribution in [-0.2, 0) is 25.5 Å². The second kappa shape index (κ2) is 11.3. The van der Waals surface area contributed by atoms with E-state index in [0.29, 0.717) is 23.6 Å². The second-order valence-electron chi connectivity index (χ2n) is 8.06. The van der Waals surface area contributed by atoms with Crippen molar-refractivity contribution >= 4 is 64.3 Å². The van der Waals surface area contributed by atoms with Crippen molar-refractivity contribution < 1.29 is 24.2 Å². The van der Waals surface area contributed by atoms with E-state index < -0.39 is 33.7 Å². The Bertz CT molecular complexity index is 968. The molecule has 2 heterocycles. The first kappa shape index (κ1) is 26.8. The van der Waals surface area contributed by atoms with Crippen LogP contribution in [0.3, 0.4) is 0 Å². The average Bonchev–Trinajstić information content (AvgIpc) is 2.79. The van der Waals surface area contributed by atoms with Crippen LogP contribution in [0.5, 0.6) is 5.75 Å². The Balaban J connectivity index is 1.75. The van der Waals surface area contributed by atoms with Gasteiger partial charge in [0.2, 0.25) is 9.70 Å². The zero-order valence-corrected chi connectivity index (χ0v) is 21.8. The van der Waals surface area contributed by atoms with Gasteiger partial charge in [0.15, 0.2) is 5.70 Å². The minimum absolute atomic E-state index is 0.0560. The van der Waals surface area contributed by atoms with E-state index in [0.717, 1.165) is 12.8 Å². The lowest BCUT2D eigenvalue weighted by atomic mass is 10.0. The van der Waals surface area contributed by atoms with Crippen LogP contribution in [0, 0.1) is 0 Å². The molecule has 0 spiro atoms. The number of amides is 2. The molecule has 0 bridgehead atoms. The van der Waals surface area contributed by atoms with Gasteiger partial charge in [-0.1, -0.05) is 60.3 Å². The van der Waals surface area contributed by atoms with Crippen molar-refractivity contribution in [1.29, 1.82) is 0 Å². The predicted octanol–water partition coefficient (Wildman–Crippen LogP) is 3.19. The average molecular weight is 551 g/mol. The van der Waals surface area contributed by atoms with Gasteiger partial charge in [0, 0.05) is 19.3 Å². The van der Waals surface area contributed by atoms with Crippen LogP contribution in [0.1, 0.15) is 25.3 Å². The standard InChI is InChI=1S/C22H26Cl3N3O5S/c1-3-4-9-27(2)15-11-34-20-17(26-16(30)10-13-5-7-14(29)8-6-13)19(31)28(20)18(15)21(32)33-12-22(23,24)25/h5-8,17,20,29H,3-4,9-12H2,1-2H3,(H,26,30)/t17?,20-/m0/s1. The lowest BCUT2D eigenvalue weighted by Gasteiger charge is -2.50. The first-order valence-corrected chi connectivity index (χ1v) is 12.9. The number of aromatic hydroxyl groups is 1. The number of rotatable bonds is 9. The van der Waals surface area contributed by atoms with Gasteiger partial charge in [-0.3, -0.25) is 14.5 Å². The van der Waals surface area contributed by atoms with E-state index in [4.69, 9.17) is 39.5 Å². The van der Waals surface area contributed by atoms with E-state index in [9.17, 15) is 19.5 Å². The Labute approximate surface area is 217 Å². The number of benzene rings is 1. The van der Waals surface area contributed by atoms with E-state index >= 15 is 0 Å². The molecule has 0 radical (unpaired) electrons. The summed E-state index contributed by atoms with van der Waals surface area (Å²) in [4.78, 5) is 41.8. The molecule has 1 aromatic rings. The Morgan fingerprint density at radius 1 is 1.29 bits per heavy atom. The van der Waals surface area contributed by atoms with Gasteiger partial charge in [-0.2, -0.15) is 0 Å². The minimum atomic E-state index is -1.78. The maximum Gasteiger partial charge on any atom is 0.357 e. The Morgan fingerprint density at radius 2 is 1.97 bits per heavy atom. The lowest BCUT2D eigenvalue weighted by Crippen LogP contribution is -2.71. The number of halogens is 3. The van der Waals surface area contributed by atoms with Gasteiger partial charge in [0.1, 0.15) is 23.8 Å². The second-order valence-corrected chi connectivity index (χ2v) is 11.7. The molecule has 1 aromatic carbocycles. The van der Waals surface area contributed by atoms with Gasteiger partial charge >= 0.3 is 5.97 Å². The maximum atomic E-state index is 13.1. The zero-order valence-electron chi connectivity index (χ0n) is 18.7. The molecular formula is C22H26Cl3N3O5S. The van der Waals surface area contributed by atoms with E-state index in [1.165, 1.54) is 28.8 Å². The van der Waals surface area contributed by atoms with Crippen LogP contribution in [0.4, 0.5) is 0 Å². The topological polar surface area (TPSA) is 99.2 Å². The number of hydrogen-bond donors (Lipinski definition) is 2. The number of ether oxygens (including phenoxy) is 1. The molecule has 3 rings (SSSR count). The molecule has 34 heavy (non-hydrogen) atoms. The van der Waals surface area contributed by atoms with Crippen LogP contribution in [-0.4, -0.2) is 73.9 Å². The zero-order chi connectivity index (χ0) is 25.0. The van der Waals surface area contributed by atoms with Crippen LogP contribution < -0.4 is 5.32 Å². The largest absolute Gasteiger partial charge is 0.508 e. The fourth-order valence-corrected chi connectivity index (χ4v) is 5.24. The van der Waals surface area contributed by atoms with Crippen molar-refractivity contribution in [3.63, 3.8) is 0 Å². The molecule has 1 saturated heterocycles.